The van der Waals surface area contributed by atoms with Crippen LogP contribution in [0.1, 0.15) is 20.3 Å². The normalized spacial score (nSPS) is 12.8. The van der Waals surface area contributed by atoms with E-state index in [-0.39, 0.29) is 6.10 Å². The van der Waals surface area contributed by atoms with E-state index in [0.29, 0.717) is 6.42 Å². The van der Waals surface area contributed by atoms with Gasteiger partial charge in [-0.1, -0.05) is 6.92 Å². The quantitative estimate of drug-likeness (QED) is 0.411. The molecule has 0 bridgehead atoms. The van der Waals surface area contributed by atoms with E-state index in [0.717, 1.165) is 0 Å². The molecule has 0 aliphatic carbocycles. The molecule has 0 saturated heterocycles. The van der Waals surface area contributed by atoms with Crippen molar-refractivity contribution in [2.45, 2.75) is 26.4 Å². The first-order valence-corrected chi connectivity index (χ1v) is 2.48. The molecular weight excluding hydrogens is 110 g/mol. The Kier molecular flexibility index (Phi) is 2.91. The molecule has 4 heteroatoms. The maximum Gasteiger partial charge on any atom is 0.294 e. The highest BCUT2D eigenvalue weighted by molar-refractivity contribution is 4.37. The average molecular weight is 119 g/mol. The zero-order valence-electron chi connectivity index (χ0n) is 4.96. The lowest BCUT2D eigenvalue weighted by Gasteiger charge is -2.02. The maximum atomic E-state index is 9.55. The zero-order chi connectivity index (χ0) is 6.57. The minimum absolute atomic E-state index is 0.273. The van der Waals surface area contributed by atoms with Gasteiger partial charge in [0.25, 0.3) is 5.09 Å². The molecule has 0 aliphatic heterocycles. The van der Waals surface area contributed by atoms with Gasteiger partial charge in [0, 0.05) is 0 Å². The SMILES string of the molecule is CC[C@H](C)O[N+](=O)[O-]. The van der Waals surface area contributed by atoms with Crippen molar-refractivity contribution in [3.8, 4) is 0 Å². The highest BCUT2D eigenvalue weighted by atomic mass is 17.0. The van der Waals surface area contributed by atoms with Gasteiger partial charge in [-0.25, -0.2) is 0 Å². The maximum absolute atomic E-state index is 9.55. The summed E-state index contributed by atoms with van der Waals surface area (Å²) in [6.45, 7) is 3.48. The minimum atomic E-state index is -0.770. The van der Waals surface area contributed by atoms with Crippen LogP contribution in [0.25, 0.3) is 0 Å². The third-order valence-corrected chi connectivity index (χ3v) is 0.841. The summed E-state index contributed by atoms with van der Waals surface area (Å²) in [4.78, 5) is 13.7. The van der Waals surface area contributed by atoms with Crippen molar-refractivity contribution in [2.75, 3.05) is 0 Å². The van der Waals surface area contributed by atoms with Gasteiger partial charge in [-0.3, -0.25) is 0 Å². The van der Waals surface area contributed by atoms with Gasteiger partial charge in [0.1, 0.15) is 6.10 Å². The van der Waals surface area contributed by atoms with Crippen LogP contribution in [-0.2, 0) is 4.84 Å². The second-order valence-corrected chi connectivity index (χ2v) is 1.55. The molecule has 0 N–H and O–H groups in total. The molecule has 0 aromatic carbocycles. The van der Waals surface area contributed by atoms with Gasteiger partial charge in [0.05, 0.1) is 0 Å². The predicted molar refractivity (Wildman–Crippen MR) is 27.8 cm³/mol. The molecule has 0 aliphatic rings. The lowest BCUT2D eigenvalue weighted by molar-refractivity contribution is -0.767. The second kappa shape index (κ2) is 3.23. The van der Waals surface area contributed by atoms with Gasteiger partial charge in [-0.05, 0) is 13.3 Å². The van der Waals surface area contributed by atoms with Crippen LogP contribution in [0.5, 0.6) is 0 Å². The first-order chi connectivity index (χ1) is 3.66. The molecule has 0 rings (SSSR count). The Hall–Kier alpha value is -0.800. The molecule has 8 heavy (non-hydrogen) atoms. The van der Waals surface area contributed by atoms with Crippen LogP contribution < -0.4 is 0 Å². The highest BCUT2D eigenvalue weighted by Crippen LogP contribution is 1.93. The molecule has 0 radical (unpaired) electrons. The Balaban J connectivity index is 3.24. The van der Waals surface area contributed by atoms with Gasteiger partial charge in [0.15, 0.2) is 0 Å². The summed E-state index contributed by atoms with van der Waals surface area (Å²) in [5, 5.41) is 8.78. The van der Waals surface area contributed by atoms with Crippen LogP contribution in [0.4, 0.5) is 0 Å². The van der Waals surface area contributed by atoms with E-state index in [1.54, 1.807) is 6.92 Å². The Labute approximate surface area is 47.6 Å². The van der Waals surface area contributed by atoms with E-state index in [1.165, 1.54) is 0 Å². The second-order valence-electron chi connectivity index (χ2n) is 1.55. The van der Waals surface area contributed by atoms with E-state index in [2.05, 4.69) is 4.84 Å². The van der Waals surface area contributed by atoms with Crippen LogP contribution >= 0.6 is 0 Å². The predicted octanol–water partition coefficient (Wildman–Crippen LogP) is 0.993. The molecule has 0 heterocycles. The van der Waals surface area contributed by atoms with Gasteiger partial charge >= 0.3 is 0 Å². The molecule has 0 saturated carbocycles. The molecule has 0 fully saturated rings. The Morgan fingerprint density at radius 1 is 1.88 bits per heavy atom. The summed E-state index contributed by atoms with van der Waals surface area (Å²) in [6, 6.07) is 0. The molecule has 0 unspecified atom stereocenters. The molecular formula is C4H9NO3. The number of rotatable bonds is 3. The standard InChI is InChI=1S/C4H9NO3/c1-3-4(2)8-5(6)7/h4H,3H2,1-2H3/t4-/m0/s1. The van der Waals surface area contributed by atoms with Gasteiger partial charge in [-0.15, -0.1) is 10.1 Å². The summed E-state index contributed by atoms with van der Waals surface area (Å²) in [7, 11) is 0. The van der Waals surface area contributed by atoms with Crippen LogP contribution in [-0.4, -0.2) is 11.2 Å². The van der Waals surface area contributed by atoms with Crippen molar-refractivity contribution < 1.29 is 9.92 Å². The Morgan fingerprint density at radius 2 is 2.38 bits per heavy atom. The van der Waals surface area contributed by atoms with Crippen molar-refractivity contribution in [3.05, 3.63) is 10.1 Å². The fraction of sp³-hybridized carbons (Fsp3) is 1.00. The van der Waals surface area contributed by atoms with E-state index in [1.807, 2.05) is 6.92 Å². The smallest absolute Gasteiger partial charge is 0.294 e. The largest absolute Gasteiger partial charge is 0.311 e. The van der Waals surface area contributed by atoms with Crippen LogP contribution in [0.15, 0.2) is 0 Å². The molecule has 48 valence electrons. The molecule has 0 aromatic heterocycles. The first kappa shape index (κ1) is 7.20. The summed E-state index contributed by atoms with van der Waals surface area (Å²) < 4.78 is 0. The van der Waals surface area contributed by atoms with Crippen molar-refractivity contribution in [1.82, 2.24) is 0 Å². The third kappa shape index (κ3) is 3.39. The fourth-order valence-electron chi connectivity index (χ4n) is 0.221. The molecule has 0 spiro atoms. The fourth-order valence-corrected chi connectivity index (χ4v) is 0.221. The molecule has 0 amide bonds. The van der Waals surface area contributed by atoms with Gasteiger partial charge in [-0.2, -0.15) is 0 Å². The minimum Gasteiger partial charge on any atom is -0.311 e. The summed E-state index contributed by atoms with van der Waals surface area (Å²) in [5.41, 5.74) is 0. The number of hydrogen-bond acceptors (Lipinski definition) is 3. The van der Waals surface area contributed by atoms with E-state index >= 15 is 0 Å². The third-order valence-electron chi connectivity index (χ3n) is 0.841. The molecule has 1 atom stereocenters. The van der Waals surface area contributed by atoms with E-state index < -0.39 is 5.09 Å². The van der Waals surface area contributed by atoms with Crippen molar-refractivity contribution >= 4 is 0 Å². The lowest BCUT2D eigenvalue weighted by atomic mass is 10.3. The summed E-state index contributed by atoms with van der Waals surface area (Å²) in [5.74, 6) is 0. The summed E-state index contributed by atoms with van der Waals surface area (Å²) in [6.07, 6.45) is 0.394. The van der Waals surface area contributed by atoms with E-state index in [4.69, 9.17) is 0 Å². The van der Waals surface area contributed by atoms with Crippen LogP contribution in [0, 0.1) is 10.1 Å². The summed E-state index contributed by atoms with van der Waals surface area (Å²) >= 11 is 0. The van der Waals surface area contributed by atoms with E-state index in [9.17, 15) is 10.1 Å². The zero-order valence-corrected chi connectivity index (χ0v) is 4.96. The van der Waals surface area contributed by atoms with Crippen molar-refractivity contribution in [3.63, 3.8) is 0 Å². The van der Waals surface area contributed by atoms with Crippen molar-refractivity contribution in [2.24, 2.45) is 0 Å². The van der Waals surface area contributed by atoms with Crippen molar-refractivity contribution in [1.29, 1.82) is 0 Å². The van der Waals surface area contributed by atoms with Gasteiger partial charge < -0.3 is 4.84 Å². The van der Waals surface area contributed by atoms with Crippen LogP contribution in [0.3, 0.4) is 0 Å². The Bertz CT molecular complexity index is 83.4. The number of nitrogens with zero attached hydrogens (tertiary/aromatic N) is 1. The Morgan fingerprint density at radius 3 is 2.50 bits per heavy atom. The topological polar surface area (TPSA) is 52.4 Å². The van der Waals surface area contributed by atoms with Crippen LogP contribution in [0.2, 0.25) is 0 Å². The average Bonchev–Trinajstić information content (AvgIpc) is 1.65. The monoisotopic (exact) mass is 119 g/mol. The van der Waals surface area contributed by atoms with Gasteiger partial charge in [0.2, 0.25) is 0 Å². The lowest BCUT2D eigenvalue weighted by Crippen LogP contribution is -2.11. The first-order valence-electron chi connectivity index (χ1n) is 2.48. The number of hydrogen-bond donors (Lipinski definition) is 0. The molecule has 4 nitrogen and oxygen atoms in total. The highest BCUT2D eigenvalue weighted by Gasteiger charge is 2.01. The molecule has 0 aromatic rings.